The number of hydrogen-bond acceptors (Lipinski definition) is 3. The lowest BCUT2D eigenvalue weighted by atomic mass is 10.2. The van der Waals surface area contributed by atoms with Crippen LogP contribution in [0.2, 0.25) is 5.02 Å². The number of amides is 1. The van der Waals surface area contributed by atoms with E-state index < -0.39 is 17.5 Å². The molecule has 0 aliphatic rings. The molecule has 4 nitrogen and oxygen atoms in total. The Kier molecular flexibility index (Phi) is 6.36. The molecule has 1 amide bonds. The second kappa shape index (κ2) is 8.48. The van der Waals surface area contributed by atoms with Crippen LogP contribution >= 0.6 is 11.6 Å². The fraction of sp³-hybridized carbons (Fsp3) is 0.167. The van der Waals surface area contributed by atoms with E-state index in [0.29, 0.717) is 28.7 Å². The molecule has 0 saturated heterocycles. The summed E-state index contributed by atoms with van der Waals surface area (Å²) >= 11 is 6.15. The molecule has 0 spiro atoms. The Bertz CT molecular complexity index is 809. The highest BCUT2D eigenvalue weighted by atomic mass is 35.5. The van der Waals surface area contributed by atoms with E-state index >= 15 is 0 Å². The van der Waals surface area contributed by atoms with E-state index in [1.807, 2.05) is 6.92 Å². The van der Waals surface area contributed by atoms with Gasteiger partial charge in [0.05, 0.1) is 18.7 Å². The number of methoxy groups -OCH3 is 1. The zero-order valence-electron chi connectivity index (χ0n) is 13.6. The molecule has 2 aromatic rings. The van der Waals surface area contributed by atoms with E-state index in [4.69, 9.17) is 21.1 Å². The third-order valence-electron chi connectivity index (χ3n) is 3.15. The molecule has 1 N–H and O–H groups in total. The van der Waals surface area contributed by atoms with Gasteiger partial charge in [-0.3, -0.25) is 4.79 Å². The molecule has 25 heavy (non-hydrogen) atoms. The van der Waals surface area contributed by atoms with Crippen LogP contribution in [0, 0.1) is 11.6 Å². The van der Waals surface area contributed by atoms with E-state index in [0.717, 1.165) is 12.1 Å². The van der Waals surface area contributed by atoms with Gasteiger partial charge in [-0.05, 0) is 42.8 Å². The van der Waals surface area contributed by atoms with Crippen molar-refractivity contribution in [1.29, 1.82) is 0 Å². The van der Waals surface area contributed by atoms with E-state index in [1.165, 1.54) is 25.3 Å². The van der Waals surface area contributed by atoms with Gasteiger partial charge in [-0.15, -0.1) is 0 Å². The van der Waals surface area contributed by atoms with Crippen molar-refractivity contribution in [2.45, 2.75) is 6.92 Å². The predicted octanol–water partition coefficient (Wildman–Crippen LogP) is 4.68. The minimum Gasteiger partial charge on any atom is -0.493 e. The standard InChI is InChI=1S/C18H16ClF2NO3/c1-3-25-18-13(19)8-11(9-16(18)24-2)4-7-17(23)22-12-5-6-14(20)15(21)10-12/h4-10H,3H2,1-2H3,(H,22,23)/b7-4+. The molecule has 7 heteroatoms. The van der Waals surface area contributed by atoms with Crippen LogP contribution in [-0.4, -0.2) is 19.6 Å². The summed E-state index contributed by atoms with van der Waals surface area (Å²) in [5.41, 5.74) is 0.765. The van der Waals surface area contributed by atoms with Crippen LogP contribution in [0.5, 0.6) is 11.5 Å². The minimum atomic E-state index is -1.04. The number of carbonyl (C=O) groups is 1. The van der Waals surface area contributed by atoms with Crippen LogP contribution in [0.25, 0.3) is 6.08 Å². The fourth-order valence-corrected chi connectivity index (χ4v) is 2.32. The highest BCUT2D eigenvalue weighted by Gasteiger charge is 2.11. The normalized spacial score (nSPS) is 10.8. The van der Waals surface area contributed by atoms with Gasteiger partial charge < -0.3 is 14.8 Å². The number of benzene rings is 2. The highest BCUT2D eigenvalue weighted by Crippen LogP contribution is 2.36. The first kappa shape index (κ1) is 18.7. The smallest absolute Gasteiger partial charge is 0.248 e. The summed E-state index contributed by atoms with van der Waals surface area (Å²) in [6.45, 7) is 2.26. The third kappa shape index (κ3) is 4.93. The molecule has 132 valence electrons. The first-order valence-corrected chi connectivity index (χ1v) is 7.76. The van der Waals surface area contributed by atoms with E-state index in [-0.39, 0.29) is 5.69 Å². The topological polar surface area (TPSA) is 47.6 Å². The number of ether oxygens (including phenoxy) is 2. The van der Waals surface area contributed by atoms with Crippen molar-refractivity contribution in [3.63, 3.8) is 0 Å². The lowest BCUT2D eigenvalue weighted by Crippen LogP contribution is -2.08. The number of hydrogen-bond donors (Lipinski definition) is 1. The monoisotopic (exact) mass is 367 g/mol. The average molecular weight is 368 g/mol. The quantitative estimate of drug-likeness (QED) is 0.754. The maximum Gasteiger partial charge on any atom is 0.248 e. The van der Waals surface area contributed by atoms with Gasteiger partial charge in [0.1, 0.15) is 0 Å². The Morgan fingerprint density at radius 1 is 1.24 bits per heavy atom. The van der Waals surface area contributed by atoms with Crippen LogP contribution < -0.4 is 14.8 Å². The summed E-state index contributed by atoms with van der Waals surface area (Å²) in [6.07, 6.45) is 2.76. The molecule has 2 rings (SSSR count). The number of nitrogens with one attached hydrogen (secondary N) is 1. The van der Waals surface area contributed by atoms with Crippen molar-refractivity contribution in [3.8, 4) is 11.5 Å². The van der Waals surface area contributed by atoms with Gasteiger partial charge in [0.25, 0.3) is 0 Å². The van der Waals surface area contributed by atoms with Crippen molar-refractivity contribution in [1.82, 2.24) is 0 Å². The van der Waals surface area contributed by atoms with E-state index in [1.54, 1.807) is 12.1 Å². The van der Waals surface area contributed by atoms with Crippen molar-refractivity contribution in [3.05, 3.63) is 58.6 Å². The first-order chi connectivity index (χ1) is 11.9. The van der Waals surface area contributed by atoms with Crippen molar-refractivity contribution < 1.29 is 23.0 Å². The van der Waals surface area contributed by atoms with E-state index in [9.17, 15) is 13.6 Å². The molecule has 0 radical (unpaired) electrons. The maximum absolute atomic E-state index is 13.1. The second-order valence-electron chi connectivity index (χ2n) is 4.92. The minimum absolute atomic E-state index is 0.149. The number of halogens is 3. The molecule has 0 aliphatic heterocycles. The Labute approximate surface area is 149 Å². The van der Waals surface area contributed by atoms with Crippen LogP contribution in [-0.2, 0) is 4.79 Å². The van der Waals surface area contributed by atoms with Crippen LogP contribution in [0.3, 0.4) is 0 Å². The molecule has 0 unspecified atom stereocenters. The molecule has 0 aliphatic carbocycles. The summed E-state index contributed by atoms with van der Waals surface area (Å²) in [7, 11) is 1.48. The molecule has 0 saturated carbocycles. The lowest BCUT2D eigenvalue weighted by molar-refractivity contribution is -0.111. The molecule has 0 heterocycles. The molecular weight excluding hydrogens is 352 g/mol. The van der Waals surface area contributed by atoms with Crippen LogP contribution in [0.1, 0.15) is 12.5 Å². The zero-order valence-corrected chi connectivity index (χ0v) is 14.4. The Balaban J connectivity index is 2.13. The van der Waals surface area contributed by atoms with Gasteiger partial charge in [0, 0.05) is 17.8 Å². The molecule has 2 aromatic carbocycles. The van der Waals surface area contributed by atoms with Gasteiger partial charge in [0.2, 0.25) is 5.91 Å². The van der Waals surface area contributed by atoms with Crippen molar-refractivity contribution >= 4 is 29.3 Å². The van der Waals surface area contributed by atoms with Crippen LogP contribution in [0.15, 0.2) is 36.4 Å². The molecular formula is C18H16ClF2NO3. The Morgan fingerprint density at radius 2 is 2.00 bits per heavy atom. The first-order valence-electron chi connectivity index (χ1n) is 7.39. The Morgan fingerprint density at radius 3 is 2.64 bits per heavy atom. The summed E-state index contributed by atoms with van der Waals surface area (Å²) in [5, 5.41) is 2.78. The van der Waals surface area contributed by atoms with Gasteiger partial charge in [0.15, 0.2) is 23.1 Å². The number of carbonyl (C=O) groups excluding carboxylic acids is 1. The molecule has 0 aromatic heterocycles. The summed E-state index contributed by atoms with van der Waals surface area (Å²) in [4.78, 5) is 11.9. The third-order valence-corrected chi connectivity index (χ3v) is 3.44. The summed E-state index contributed by atoms with van der Waals surface area (Å²) in [6, 6.07) is 6.39. The maximum atomic E-state index is 13.1. The van der Waals surface area contributed by atoms with Gasteiger partial charge >= 0.3 is 0 Å². The van der Waals surface area contributed by atoms with Gasteiger partial charge in [-0.2, -0.15) is 0 Å². The predicted molar refractivity (Wildman–Crippen MR) is 93.2 cm³/mol. The largest absolute Gasteiger partial charge is 0.493 e. The van der Waals surface area contributed by atoms with Crippen LogP contribution in [0.4, 0.5) is 14.5 Å². The zero-order chi connectivity index (χ0) is 18.4. The summed E-state index contributed by atoms with van der Waals surface area (Å²) < 4.78 is 36.6. The van der Waals surface area contributed by atoms with Crippen molar-refractivity contribution in [2.24, 2.45) is 0 Å². The molecule has 0 atom stereocenters. The lowest BCUT2D eigenvalue weighted by Gasteiger charge is -2.11. The fourth-order valence-electron chi connectivity index (χ4n) is 2.05. The van der Waals surface area contributed by atoms with Gasteiger partial charge in [-0.25, -0.2) is 8.78 Å². The highest BCUT2D eigenvalue weighted by molar-refractivity contribution is 6.32. The summed E-state index contributed by atoms with van der Waals surface area (Å²) in [5.74, 6) is -1.66. The second-order valence-corrected chi connectivity index (χ2v) is 5.33. The average Bonchev–Trinajstić information content (AvgIpc) is 2.58. The SMILES string of the molecule is CCOc1c(Cl)cc(/C=C/C(=O)Nc2ccc(F)c(F)c2)cc1OC. The molecule has 0 fully saturated rings. The van der Waals surface area contributed by atoms with Gasteiger partial charge in [-0.1, -0.05) is 11.6 Å². The number of anilines is 1. The Hall–Kier alpha value is -2.60. The van der Waals surface area contributed by atoms with E-state index in [2.05, 4.69) is 5.32 Å². The molecule has 0 bridgehead atoms. The number of rotatable bonds is 6. The van der Waals surface area contributed by atoms with Crippen molar-refractivity contribution in [2.75, 3.05) is 19.0 Å².